The average molecular weight is 556 g/mol. The smallest absolute Gasteiger partial charge is 0.251 e. The van der Waals surface area contributed by atoms with Crippen molar-refractivity contribution in [3.63, 3.8) is 0 Å². The molecule has 1 saturated heterocycles. The highest BCUT2D eigenvalue weighted by Crippen LogP contribution is 2.35. The Bertz CT molecular complexity index is 1370. The number of fused-ring (bicyclic) bond motifs is 1. The van der Waals surface area contributed by atoms with Crippen molar-refractivity contribution < 1.29 is 9.53 Å². The molecule has 1 aromatic heterocycles. The summed E-state index contributed by atoms with van der Waals surface area (Å²) in [7, 11) is 0. The van der Waals surface area contributed by atoms with E-state index in [9.17, 15) is 4.79 Å². The van der Waals surface area contributed by atoms with Gasteiger partial charge in [0, 0.05) is 29.9 Å². The number of nitrogens with zero attached hydrogens (tertiary/aromatic N) is 4. The van der Waals surface area contributed by atoms with Crippen molar-refractivity contribution in [2.45, 2.75) is 58.4 Å². The van der Waals surface area contributed by atoms with Gasteiger partial charge in [0.25, 0.3) is 5.91 Å². The van der Waals surface area contributed by atoms with Crippen LogP contribution in [0.2, 0.25) is 0 Å². The normalized spacial score (nSPS) is 22.6. The number of hydrogen-bond donors (Lipinski definition) is 1. The summed E-state index contributed by atoms with van der Waals surface area (Å²) >= 11 is 2.04. The van der Waals surface area contributed by atoms with Crippen LogP contribution in [0, 0.1) is 18.8 Å². The molecule has 208 valence electrons. The first-order chi connectivity index (χ1) is 19.5. The van der Waals surface area contributed by atoms with Gasteiger partial charge in [-0.25, -0.2) is 5.01 Å². The molecule has 0 bridgehead atoms. The second kappa shape index (κ2) is 12.0. The summed E-state index contributed by atoms with van der Waals surface area (Å²) in [5.41, 5.74) is 5.74. The summed E-state index contributed by atoms with van der Waals surface area (Å²) < 4.78 is 6.25. The number of nitrogens with one attached hydrogen (secondary N) is 1. The van der Waals surface area contributed by atoms with E-state index in [1.165, 1.54) is 24.3 Å². The summed E-state index contributed by atoms with van der Waals surface area (Å²) in [6, 6.07) is 10.2. The number of benzene rings is 1. The number of aliphatic imine (C=N–C) groups is 1. The van der Waals surface area contributed by atoms with E-state index in [-0.39, 0.29) is 5.91 Å². The molecule has 40 heavy (non-hydrogen) atoms. The summed E-state index contributed by atoms with van der Waals surface area (Å²) in [6.07, 6.45) is 14.0. The Hall–Kier alpha value is -3.39. The van der Waals surface area contributed by atoms with Crippen molar-refractivity contribution in [1.82, 2.24) is 15.3 Å². The minimum Gasteiger partial charge on any atom is -0.439 e. The molecule has 0 radical (unpaired) electrons. The maximum Gasteiger partial charge on any atom is 0.251 e. The van der Waals surface area contributed by atoms with Gasteiger partial charge in [0.05, 0.1) is 29.7 Å². The Morgan fingerprint density at radius 3 is 2.77 bits per heavy atom. The van der Waals surface area contributed by atoms with E-state index in [4.69, 9.17) is 14.8 Å². The van der Waals surface area contributed by atoms with Gasteiger partial charge in [-0.3, -0.25) is 14.8 Å². The Balaban J connectivity index is 1.35. The van der Waals surface area contributed by atoms with E-state index in [1.54, 1.807) is 12.4 Å². The zero-order valence-electron chi connectivity index (χ0n) is 23.3. The average Bonchev–Trinajstić information content (AvgIpc) is 3.80. The highest BCUT2D eigenvalue weighted by atomic mass is 32.2. The van der Waals surface area contributed by atoms with Crippen LogP contribution in [-0.4, -0.2) is 51.6 Å². The van der Waals surface area contributed by atoms with Crippen LogP contribution in [0.5, 0.6) is 5.75 Å². The van der Waals surface area contributed by atoms with Gasteiger partial charge < -0.3 is 10.1 Å². The zero-order valence-corrected chi connectivity index (χ0v) is 24.1. The van der Waals surface area contributed by atoms with Crippen LogP contribution in [-0.2, 0) is 0 Å². The van der Waals surface area contributed by atoms with Gasteiger partial charge >= 0.3 is 0 Å². The van der Waals surface area contributed by atoms with Crippen molar-refractivity contribution in [3.05, 3.63) is 77.3 Å². The Morgan fingerprint density at radius 2 is 2.02 bits per heavy atom. The lowest BCUT2D eigenvalue weighted by Gasteiger charge is -2.31. The van der Waals surface area contributed by atoms with Crippen LogP contribution < -0.4 is 10.1 Å². The summed E-state index contributed by atoms with van der Waals surface area (Å²) in [5.74, 6) is 4.66. The molecule has 2 aromatic rings. The first-order valence-corrected chi connectivity index (χ1v) is 15.6. The number of ether oxygens (including phenoxy) is 1. The zero-order chi connectivity index (χ0) is 27.5. The molecule has 1 amide bonds. The highest BCUT2D eigenvalue weighted by molar-refractivity contribution is 7.99. The fourth-order valence-corrected chi connectivity index (χ4v) is 6.55. The third-order valence-corrected chi connectivity index (χ3v) is 8.89. The van der Waals surface area contributed by atoms with Crippen LogP contribution in [0.1, 0.15) is 66.9 Å². The predicted octanol–water partition coefficient (Wildman–Crippen LogP) is 6.23. The standard InChI is InChI=1S/C32H37N5O2S/c1-21-5-10-29-28(34-19-23-11-14-40-15-12-23)18-31(39-26-4-3-13-33-20-26)36-37(29)30(16-21)24-6-9-27(22(2)17-24)32(38)35-25-7-8-25/h3-4,6,9-10,13,16-17,20-21,23,25H,5,7-8,11-12,14-15,18-19H2,1-2H3,(H,35,38). The summed E-state index contributed by atoms with van der Waals surface area (Å²) in [4.78, 5) is 22.2. The minimum absolute atomic E-state index is 0.00836. The number of allylic oxidation sites excluding steroid dienone is 3. The molecule has 1 N–H and O–H groups in total. The van der Waals surface area contributed by atoms with Gasteiger partial charge in [-0.05, 0) is 92.2 Å². The van der Waals surface area contributed by atoms with Crippen molar-refractivity contribution in [2.24, 2.45) is 21.9 Å². The van der Waals surface area contributed by atoms with E-state index in [1.807, 2.05) is 48.0 Å². The van der Waals surface area contributed by atoms with Gasteiger partial charge in [0.2, 0.25) is 5.90 Å². The number of hydrogen-bond acceptors (Lipinski definition) is 7. The fraction of sp³-hybridized carbons (Fsp3) is 0.438. The Kier molecular flexibility index (Phi) is 8.05. The van der Waals surface area contributed by atoms with Crippen molar-refractivity contribution in [2.75, 3.05) is 18.1 Å². The molecule has 6 rings (SSSR count). The fourth-order valence-electron chi connectivity index (χ4n) is 5.34. The molecule has 1 unspecified atom stereocenters. The quantitative estimate of drug-likeness (QED) is 0.457. The van der Waals surface area contributed by atoms with E-state index in [0.29, 0.717) is 35.9 Å². The number of hydrazone groups is 1. The topological polar surface area (TPSA) is 79.2 Å². The lowest BCUT2D eigenvalue weighted by atomic mass is 10.00. The maximum atomic E-state index is 12.8. The van der Waals surface area contributed by atoms with Crippen LogP contribution in [0.15, 0.2) is 70.7 Å². The number of aryl methyl sites for hydroxylation is 1. The number of carbonyl (C=O) groups excluding carboxylic acids is 1. The van der Waals surface area contributed by atoms with Crippen LogP contribution in [0.3, 0.4) is 0 Å². The molecule has 0 spiro atoms. The molecule has 1 aromatic carbocycles. The van der Waals surface area contributed by atoms with Crippen LogP contribution in [0.25, 0.3) is 5.70 Å². The highest BCUT2D eigenvalue weighted by Gasteiger charge is 2.31. The first kappa shape index (κ1) is 26.8. The number of pyridine rings is 1. The Morgan fingerprint density at radius 1 is 1.18 bits per heavy atom. The number of carbonyl (C=O) groups is 1. The molecule has 1 aliphatic carbocycles. The van der Waals surface area contributed by atoms with E-state index < -0.39 is 0 Å². The number of amides is 1. The van der Waals surface area contributed by atoms with Gasteiger partial charge in [-0.15, -0.1) is 5.10 Å². The molecular formula is C32H37N5O2S. The first-order valence-electron chi connectivity index (χ1n) is 14.4. The molecule has 2 fully saturated rings. The molecule has 1 saturated carbocycles. The number of thioether (sulfide) groups is 1. The molecular weight excluding hydrogens is 518 g/mol. The monoisotopic (exact) mass is 555 g/mol. The second-order valence-electron chi connectivity index (χ2n) is 11.2. The van der Waals surface area contributed by atoms with E-state index in [0.717, 1.165) is 59.6 Å². The van der Waals surface area contributed by atoms with Gasteiger partial charge in [-0.2, -0.15) is 11.8 Å². The third-order valence-electron chi connectivity index (χ3n) is 7.84. The number of aromatic nitrogens is 1. The lowest BCUT2D eigenvalue weighted by Crippen LogP contribution is -2.33. The van der Waals surface area contributed by atoms with Crippen molar-refractivity contribution in [1.29, 1.82) is 0 Å². The molecule has 1 atom stereocenters. The molecule has 4 heterocycles. The minimum atomic E-state index is 0.00836. The largest absolute Gasteiger partial charge is 0.439 e. The van der Waals surface area contributed by atoms with E-state index in [2.05, 4.69) is 35.4 Å². The second-order valence-corrected chi connectivity index (χ2v) is 12.5. The van der Waals surface area contributed by atoms with Gasteiger partial charge in [0.15, 0.2) is 0 Å². The van der Waals surface area contributed by atoms with Crippen molar-refractivity contribution >= 4 is 35.0 Å². The van der Waals surface area contributed by atoms with Crippen LogP contribution in [0.4, 0.5) is 0 Å². The molecule has 4 aliphatic rings. The van der Waals surface area contributed by atoms with Crippen molar-refractivity contribution in [3.8, 4) is 5.75 Å². The predicted molar refractivity (Wildman–Crippen MR) is 163 cm³/mol. The SMILES string of the molecule is Cc1cc(C2=CC(C)CC=C3C(=NCC4CCSCC4)CC(Oc4cccnc4)=NN32)ccc1C(=O)NC1CC1. The van der Waals surface area contributed by atoms with Gasteiger partial charge in [0.1, 0.15) is 5.75 Å². The maximum absolute atomic E-state index is 12.8. The number of rotatable bonds is 6. The van der Waals surface area contributed by atoms with Crippen LogP contribution >= 0.6 is 11.8 Å². The lowest BCUT2D eigenvalue weighted by molar-refractivity contribution is 0.0950. The summed E-state index contributed by atoms with van der Waals surface area (Å²) in [5, 5.41) is 10.2. The molecule has 3 aliphatic heterocycles. The Labute approximate surface area is 240 Å². The van der Waals surface area contributed by atoms with E-state index >= 15 is 0 Å². The van der Waals surface area contributed by atoms with Gasteiger partial charge in [-0.1, -0.05) is 25.1 Å². The summed E-state index contributed by atoms with van der Waals surface area (Å²) in [6.45, 7) is 5.07. The molecule has 8 heteroatoms. The molecule has 7 nitrogen and oxygen atoms in total. The third kappa shape index (κ3) is 6.33.